The van der Waals surface area contributed by atoms with Crippen LogP contribution in [0.1, 0.15) is 11.1 Å². The zero-order valence-electron chi connectivity index (χ0n) is 11.0. The number of rotatable bonds is 5. The Balaban J connectivity index is 1.80. The third-order valence-corrected chi connectivity index (χ3v) is 6.43. The van der Waals surface area contributed by atoms with Crippen LogP contribution in [0.2, 0.25) is 0 Å². The molecule has 0 amide bonds. The molecule has 0 saturated carbocycles. The van der Waals surface area contributed by atoms with Crippen molar-refractivity contribution >= 4 is 27.8 Å². The van der Waals surface area contributed by atoms with Crippen LogP contribution >= 0.6 is 17.2 Å². The average Bonchev–Trinajstić information content (AvgIpc) is 2.38. The summed E-state index contributed by atoms with van der Waals surface area (Å²) < 4.78 is 0. The lowest BCUT2D eigenvalue weighted by atomic mass is 10.2. The highest BCUT2D eigenvalue weighted by atomic mass is 31.1. The minimum Gasteiger partial charge on any atom is -0.0898 e. The molecule has 0 aliphatic rings. The second-order valence-corrected chi connectivity index (χ2v) is 7.27. The van der Waals surface area contributed by atoms with Crippen LogP contribution < -0.4 is 10.6 Å². The van der Waals surface area contributed by atoms with Crippen LogP contribution in [-0.2, 0) is 0 Å². The van der Waals surface area contributed by atoms with Crippen LogP contribution in [0.4, 0.5) is 0 Å². The van der Waals surface area contributed by atoms with E-state index in [1.54, 1.807) is 0 Å². The van der Waals surface area contributed by atoms with Crippen molar-refractivity contribution in [1.29, 1.82) is 0 Å². The van der Waals surface area contributed by atoms with Gasteiger partial charge in [0.1, 0.15) is 0 Å². The molecule has 2 unspecified atom stereocenters. The fraction of sp³-hybridized carbons (Fsp3) is 0.250. The first kappa shape index (κ1) is 13.7. The highest BCUT2D eigenvalue weighted by Crippen LogP contribution is 2.19. The maximum Gasteiger partial charge on any atom is -0.0242 e. The second kappa shape index (κ2) is 7.03. The van der Waals surface area contributed by atoms with E-state index in [-0.39, 0.29) is 0 Å². The van der Waals surface area contributed by atoms with Crippen molar-refractivity contribution < 1.29 is 0 Å². The third kappa shape index (κ3) is 3.91. The van der Waals surface area contributed by atoms with Crippen molar-refractivity contribution in [1.82, 2.24) is 0 Å². The molecule has 2 atom stereocenters. The lowest BCUT2D eigenvalue weighted by Crippen LogP contribution is -2.03. The van der Waals surface area contributed by atoms with Crippen LogP contribution in [0.25, 0.3) is 0 Å². The van der Waals surface area contributed by atoms with Gasteiger partial charge in [0.25, 0.3) is 0 Å². The zero-order chi connectivity index (χ0) is 12.8. The van der Waals surface area contributed by atoms with Gasteiger partial charge in [-0.2, -0.15) is 0 Å². The van der Waals surface area contributed by atoms with Crippen LogP contribution in [0.15, 0.2) is 48.5 Å². The van der Waals surface area contributed by atoms with Crippen LogP contribution in [-0.4, -0.2) is 12.3 Å². The second-order valence-electron chi connectivity index (χ2n) is 4.48. The Morgan fingerprint density at radius 2 is 1.06 bits per heavy atom. The van der Waals surface area contributed by atoms with E-state index < -0.39 is 0 Å². The van der Waals surface area contributed by atoms with Gasteiger partial charge in [0.05, 0.1) is 0 Å². The van der Waals surface area contributed by atoms with Gasteiger partial charge >= 0.3 is 0 Å². The van der Waals surface area contributed by atoms with Crippen molar-refractivity contribution in [3.8, 4) is 0 Å². The summed E-state index contributed by atoms with van der Waals surface area (Å²) in [4.78, 5) is 0. The maximum absolute atomic E-state index is 2.27. The summed E-state index contributed by atoms with van der Waals surface area (Å²) in [6, 6.07) is 17.5. The Kier molecular flexibility index (Phi) is 5.36. The average molecular weight is 274 g/mol. The van der Waals surface area contributed by atoms with Gasteiger partial charge in [-0.05, 0) is 47.9 Å². The topological polar surface area (TPSA) is 0 Å². The molecule has 0 radical (unpaired) electrons. The monoisotopic (exact) mass is 274 g/mol. The third-order valence-electron chi connectivity index (χ3n) is 3.05. The van der Waals surface area contributed by atoms with Crippen molar-refractivity contribution in [3.63, 3.8) is 0 Å². The lowest BCUT2D eigenvalue weighted by molar-refractivity contribution is 1.49. The molecular weight excluding hydrogens is 254 g/mol. The molecule has 0 bridgehead atoms. The van der Waals surface area contributed by atoms with Crippen LogP contribution in [0.3, 0.4) is 0 Å². The fourth-order valence-corrected chi connectivity index (χ4v) is 4.63. The van der Waals surface area contributed by atoms with Crippen molar-refractivity contribution in [3.05, 3.63) is 59.7 Å². The van der Waals surface area contributed by atoms with Gasteiger partial charge in [0.2, 0.25) is 0 Å². The molecule has 0 aromatic heterocycles. The van der Waals surface area contributed by atoms with E-state index in [1.807, 2.05) is 0 Å². The van der Waals surface area contributed by atoms with E-state index in [4.69, 9.17) is 0 Å². The Labute approximate surface area is 114 Å². The summed E-state index contributed by atoms with van der Waals surface area (Å²) in [5, 5.41) is 3.07. The lowest BCUT2D eigenvalue weighted by Gasteiger charge is -2.07. The number of benzene rings is 2. The van der Waals surface area contributed by atoms with Crippen LogP contribution in [0.5, 0.6) is 0 Å². The zero-order valence-corrected chi connectivity index (χ0v) is 13.0. The molecule has 2 heteroatoms. The number of aryl methyl sites for hydroxylation is 2. The predicted molar refractivity (Wildman–Crippen MR) is 88.0 cm³/mol. The number of hydrogen-bond donors (Lipinski definition) is 0. The van der Waals surface area contributed by atoms with E-state index in [0.29, 0.717) is 0 Å². The summed E-state index contributed by atoms with van der Waals surface area (Å²) in [6.45, 7) is 4.43. The van der Waals surface area contributed by atoms with Crippen molar-refractivity contribution in [2.45, 2.75) is 13.8 Å². The molecule has 0 nitrogen and oxygen atoms in total. The molecule has 0 aliphatic carbocycles. The Bertz CT molecular complexity index is 458. The van der Waals surface area contributed by atoms with Gasteiger partial charge < -0.3 is 0 Å². The van der Waals surface area contributed by atoms with Crippen molar-refractivity contribution in [2.75, 3.05) is 12.3 Å². The summed E-state index contributed by atoms with van der Waals surface area (Å²) in [5.41, 5.74) is 2.88. The van der Waals surface area contributed by atoms with Gasteiger partial charge in [0, 0.05) is 0 Å². The van der Waals surface area contributed by atoms with Gasteiger partial charge in [-0.15, -0.1) is 0 Å². The first-order chi connectivity index (χ1) is 8.77. The molecule has 0 aliphatic heterocycles. The maximum atomic E-state index is 2.27. The van der Waals surface area contributed by atoms with E-state index in [9.17, 15) is 0 Å². The molecule has 2 aromatic carbocycles. The smallest absolute Gasteiger partial charge is 0.0242 e. The fourth-order valence-electron chi connectivity index (χ4n) is 1.94. The Morgan fingerprint density at radius 1 is 0.667 bits per heavy atom. The summed E-state index contributed by atoms with van der Waals surface area (Å²) >= 11 is 0. The largest absolute Gasteiger partial charge is 0.0898 e. The molecule has 0 N–H and O–H groups in total. The van der Waals surface area contributed by atoms with E-state index in [0.717, 1.165) is 17.2 Å². The first-order valence-electron chi connectivity index (χ1n) is 6.36. The molecule has 2 aromatic rings. The SMILES string of the molecule is Cc1ccccc1PCCPc1ccccc1C. The Hall–Kier alpha value is -0.700. The molecule has 0 heterocycles. The highest BCUT2D eigenvalue weighted by molar-refractivity contribution is 7.51. The molecular formula is C16H20P2. The molecule has 2 rings (SSSR count). The quantitative estimate of drug-likeness (QED) is 0.577. The van der Waals surface area contributed by atoms with E-state index in [1.165, 1.54) is 34.1 Å². The van der Waals surface area contributed by atoms with Gasteiger partial charge in [0.15, 0.2) is 0 Å². The molecule has 0 saturated heterocycles. The Morgan fingerprint density at radius 3 is 1.44 bits per heavy atom. The summed E-state index contributed by atoms with van der Waals surface area (Å²) in [7, 11) is 1.92. The molecule has 0 spiro atoms. The minimum absolute atomic E-state index is 0.959. The normalized spacial score (nSPS) is 11.9. The minimum atomic E-state index is 0.959. The highest BCUT2D eigenvalue weighted by Gasteiger charge is 1.99. The molecule has 18 heavy (non-hydrogen) atoms. The first-order valence-corrected chi connectivity index (χ1v) is 8.78. The number of hydrogen-bond acceptors (Lipinski definition) is 0. The van der Waals surface area contributed by atoms with Gasteiger partial charge in [-0.1, -0.05) is 65.7 Å². The van der Waals surface area contributed by atoms with Gasteiger partial charge in [-0.3, -0.25) is 0 Å². The molecule has 0 fully saturated rings. The van der Waals surface area contributed by atoms with Crippen molar-refractivity contribution in [2.24, 2.45) is 0 Å². The summed E-state index contributed by atoms with van der Waals surface area (Å²) in [6.07, 6.45) is 2.63. The molecule has 94 valence electrons. The van der Waals surface area contributed by atoms with E-state index >= 15 is 0 Å². The van der Waals surface area contributed by atoms with E-state index in [2.05, 4.69) is 62.4 Å². The standard InChI is InChI=1S/C16H20P2/c1-13-7-3-5-9-15(13)17-11-12-18-16-10-6-4-8-14(16)2/h3-10,17-18H,11-12H2,1-2H3. The summed E-state index contributed by atoms with van der Waals surface area (Å²) in [5.74, 6) is 0. The predicted octanol–water partition coefficient (Wildman–Crippen LogP) is 3.61. The van der Waals surface area contributed by atoms with Gasteiger partial charge in [-0.25, -0.2) is 0 Å². The van der Waals surface area contributed by atoms with Crippen LogP contribution in [0, 0.1) is 13.8 Å².